The molecule has 10 heteroatoms. The van der Waals surface area contributed by atoms with Crippen molar-refractivity contribution in [2.24, 2.45) is 0 Å². The molecule has 0 saturated heterocycles. The maximum absolute atomic E-state index is 12.0. The summed E-state index contributed by atoms with van der Waals surface area (Å²) in [7, 11) is 0. The zero-order valence-corrected chi connectivity index (χ0v) is 19.6. The summed E-state index contributed by atoms with van der Waals surface area (Å²) in [5.74, 6) is 0.793. The molecule has 32 heavy (non-hydrogen) atoms. The highest BCUT2D eigenvalue weighted by Gasteiger charge is 2.25. The summed E-state index contributed by atoms with van der Waals surface area (Å²) < 4.78 is 7.18. The van der Waals surface area contributed by atoms with Crippen LogP contribution in [0.1, 0.15) is 46.5 Å². The van der Waals surface area contributed by atoms with Crippen molar-refractivity contribution in [2.75, 3.05) is 11.6 Å². The van der Waals surface area contributed by atoms with Crippen molar-refractivity contribution in [3.63, 3.8) is 0 Å². The first-order valence-corrected chi connectivity index (χ1v) is 12.0. The van der Waals surface area contributed by atoms with E-state index in [-0.39, 0.29) is 12.1 Å². The number of carbonyl (C=O) groups is 1. The van der Waals surface area contributed by atoms with Gasteiger partial charge in [-0.25, -0.2) is 24.3 Å². The smallest absolute Gasteiger partial charge is 0.407 e. The number of ether oxygens (including phenoxy) is 1. The number of carbonyl (C=O) groups excluding carboxylic acids is 1. The normalized spacial score (nSPS) is 19.0. The summed E-state index contributed by atoms with van der Waals surface area (Å²) in [4.78, 5) is 25.2. The number of thioether (sulfide) groups is 1. The first kappa shape index (κ1) is 22.3. The summed E-state index contributed by atoms with van der Waals surface area (Å²) in [6.07, 6.45) is 10.7. The molecule has 1 amide bonds. The lowest BCUT2D eigenvalue weighted by atomic mass is 9.91. The molecule has 1 saturated carbocycles. The molecule has 3 aromatic heterocycles. The number of nitrogens with one attached hydrogen (secondary N) is 2. The molecule has 3 heterocycles. The molecule has 170 valence electrons. The van der Waals surface area contributed by atoms with E-state index >= 15 is 0 Å². The lowest BCUT2D eigenvalue weighted by Crippen LogP contribution is -2.42. The average Bonchev–Trinajstić information content (AvgIpc) is 3.17. The van der Waals surface area contributed by atoms with Crippen molar-refractivity contribution in [3.05, 3.63) is 30.7 Å². The van der Waals surface area contributed by atoms with Crippen LogP contribution in [0.2, 0.25) is 0 Å². The molecular weight excluding hydrogens is 426 g/mol. The lowest BCUT2D eigenvalue weighted by molar-refractivity contribution is 0.0492. The van der Waals surface area contributed by atoms with Crippen LogP contribution in [0.5, 0.6) is 0 Å². The number of imidazole rings is 1. The number of anilines is 1. The van der Waals surface area contributed by atoms with Gasteiger partial charge in [0.2, 0.25) is 0 Å². The molecule has 0 aliphatic heterocycles. The highest BCUT2D eigenvalue weighted by Crippen LogP contribution is 2.24. The van der Waals surface area contributed by atoms with E-state index in [9.17, 15) is 4.79 Å². The number of aromatic nitrogens is 5. The van der Waals surface area contributed by atoms with Gasteiger partial charge in [-0.05, 0) is 64.8 Å². The predicted octanol–water partition coefficient (Wildman–Crippen LogP) is 4.16. The van der Waals surface area contributed by atoms with Gasteiger partial charge in [-0.15, -0.1) is 5.10 Å². The van der Waals surface area contributed by atoms with Gasteiger partial charge in [0.25, 0.3) is 0 Å². The standard InChI is InChI=1S/C22H29N7O2S/c1-22(2,3)31-21(30)27-16-7-5-15(6-8-16)26-18-9-10-19-23-13-17(29(19)28-18)14-11-24-20(32-4)25-12-14/h9-13,15-16H,5-8H2,1-4H3,(H,26,28)(H,27,30). The highest BCUT2D eigenvalue weighted by atomic mass is 32.2. The molecule has 1 aliphatic rings. The Morgan fingerprint density at radius 1 is 1.06 bits per heavy atom. The van der Waals surface area contributed by atoms with Crippen LogP contribution in [-0.4, -0.2) is 54.6 Å². The van der Waals surface area contributed by atoms with Gasteiger partial charge in [-0.2, -0.15) is 0 Å². The summed E-state index contributed by atoms with van der Waals surface area (Å²) in [6, 6.07) is 4.34. The molecule has 0 radical (unpaired) electrons. The number of nitrogens with zero attached hydrogens (tertiary/aromatic N) is 5. The molecule has 0 unspecified atom stereocenters. The Bertz CT molecular complexity index is 1070. The fourth-order valence-corrected chi connectivity index (χ4v) is 4.08. The molecular formula is C22H29N7O2S. The van der Waals surface area contributed by atoms with E-state index in [1.807, 2.05) is 43.7 Å². The van der Waals surface area contributed by atoms with E-state index in [2.05, 4.69) is 25.6 Å². The van der Waals surface area contributed by atoms with Gasteiger partial charge in [-0.3, -0.25) is 0 Å². The Hall–Kier alpha value is -2.88. The predicted molar refractivity (Wildman–Crippen MR) is 125 cm³/mol. The fraction of sp³-hybridized carbons (Fsp3) is 0.500. The van der Waals surface area contributed by atoms with Crippen LogP contribution in [0.3, 0.4) is 0 Å². The summed E-state index contributed by atoms with van der Waals surface area (Å²) in [6.45, 7) is 5.61. The van der Waals surface area contributed by atoms with Crippen LogP contribution in [0.15, 0.2) is 35.9 Å². The van der Waals surface area contributed by atoms with Crippen molar-refractivity contribution in [1.82, 2.24) is 29.9 Å². The lowest BCUT2D eigenvalue weighted by Gasteiger charge is -2.30. The second kappa shape index (κ2) is 9.32. The fourth-order valence-electron chi connectivity index (χ4n) is 3.77. The average molecular weight is 456 g/mol. The molecule has 0 aromatic carbocycles. The van der Waals surface area contributed by atoms with Crippen molar-refractivity contribution < 1.29 is 9.53 Å². The monoisotopic (exact) mass is 455 g/mol. The van der Waals surface area contributed by atoms with Crippen molar-refractivity contribution in [2.45, 2.75) is 69.3 Å². The molecule has 1 aliphatic carbocycles. The van der Waals surface area contributed by atoms with E-state index in [0.29, 0.717) is 6.04 Å². The zero-order chi connectivity index (χ0) is 22.7. The summed E-state index contributed by atoms with van der Waals surface area (Å²) in [5, 5.41) is 12.0. The SMILES string of the molecule is CSc1ncc(-c2cnc3ccc(NC4CCC(NC(=O)OC(C)(C)C)CC4)nn23)cn1. The number of hydrogen-bond donors (Lipinski definition) is 2. The molecule has 1 fully saturated rings. The molecule has 3 aromatic rings. The van der Waals surface area contributed by atoms with Crippen molar-refractivity contribution in [3.8, 4) is 11.3 Å². The van der Waals surface area contributed by atoms with E-state index in [1.54, 1.807) is 18.6 Å². The van der Waals surface area contributed by atoms with Crippen LogP contribution >= 0.6 is 11.8 Å². The minimum atomic E-state index is -0.484. The second-order valence-electron chi connectivity index (χ2n) is 8.93. The molecule has 0 atom stereocenters. The topological polar surface area (TPSA) is 106 Å². The molecule has 4 rings (SSSR count). The Morgan fingerprint density at radius 2 is 1.75 bits per heavy atom. The van der Waals surface area contributed by atoms with Gasteiger partial charge in [0.05, 0.1) is 11.9 Å². The van der Waals surface area contributed by atoms with Crippen molar-refractivity contribution >= 4 is 29.3 Å². The van der Waals surface area contributed by atoms with Crippen LogP contribution in [0, 0.1) is 0 Å². The largest absolute Gasteiger partial charge is 0.444 e. The van der Waals surface area contributed by atoms with E-state index < -0.39 is 5.60 Å². The minimum Gasteiger partial charge on any atom is -0.444 e. The third-order valence-corrected chi connectivity index (χ3v) is 5.84. The van der Waals surface area contributed by atoms with Crippen LogP contribution in [0.4, 0.5) is 10.6 Å². The Balaban J connectivity index is 1.38. The maximum atomic E-state index is 12.0. The first-order chi connectivity index (χ1) is 15.3. The first-order valence-electron chi connectivity index (χ1n) is 10.8. The van der Waals surface area contributed by atoms with Gasteiger partial charge >= 0.3 is 6.09 Å². The van der Waals surface area contributed by atoms with E-state index in [1.165, 1.54) is 11.8 Å². The number of fused-ring (bicyclic) bond motifs is 1. The third-order valence-electron chi connectivity index (χ3n) is 5.27. The Labute approximate surface area is 191 Å². The minimum absolute atomic E-state index is 0.142. The number of amides is 1. The second-order valence-corrected chi connectivity index (χ2v) is 9.70. The Kier molecular flexibility index (Phi) is 6.50. The number of hydrogen-bond acceptors (Lipinski definition) is 8. The van der Waals surface area contributed by atoms with Gasteiger partial charge < -0.3 is 15.4 Å². The zero-order valence-electron chi connectivity index (χ0n) is 18.8. The quantitative estimate of drug-likeness (QED) is 0.436. The maximum Gasteiger partial charge on any atom is 0.407 e. The van der Waals surface area contributed by atoms with Gasteiger partial charge in [-0.1, -0.05) is 11.8 Å². The van der Waals surface area contributed by atoms with Crippen molar-refractivity contribution in [1.29, 1.82) is 0 Å². The molecule has 2 N–H and O–H groups in total. The highest BCUT2D eigenvalue weighted by molar-refractivity contribution is 7.98. The van der Waals surface area contributed by atoms with Crippen LogP contribution in [-0.2, 0) is 4.74 Å². The number of alkyl carbamates (subject to hydrolysis) is 1. The van der Waals surface area contributed by atoms with Gasteiger partial charge in [0.1, 0.15) is 11.4 Å². The summed E-state index contributed by atoms with van der Waals surface area (Å²) >= 11 is 1.51. The summed E-state index contributed by atoms with van der Waals surface area (Å²) in [5.41, 5.74) is 2.00. The third kappa shape index (κ3) is 5.48. The van der Waals surface area contributed by atoms with E-state index in [0.717, 1.165) is 53.6 Å². The Morgan fingerprint density at radius 3 is 2.41 bits per heavy atom. The van der Waals surface area contributed by atoms with Crippen LogP contribution in [0.25, 0.3) is 16.9 Å². The molecule has 9 nitrogen and oxygen atoms in total. The van der Waals surface area contributed by atoms with Gasteiger partial charge in [0.15, 0.2) is 10.8 Å². The molecule has 0 bridgehead atoms. The van der Waals surface area contributed by atoms with E-state index in [4.69, 9.17) is 9.84 Å². The number of rotatable bonds is 5. The van der Waals surface area contributed by atoms with Crippen LogP contribution < -0.4 is 10.6 Å². The molecule has 0 spiro atoms. The van der Waals surface area contributed by atoms with Gasteiger partial charge in [0, 0.05) is 30.0 Å².